The third-order valence-corrected chi connectivity index (χ3v) is 5.04. The minimum absolute atomic E-state index is 0.140. The Morgan fingerprint density at radius 1 is 0.806 bits per heavy atom. The van der Waals surface area contributed by atoms with Gasteiger partial charge in [-0.25, -0.2) is 9.46 Å². The smallest absolute Gasteiger partial charge is 0.324 e. The molecule has 3 N–H and O–H groups in total. The summed E-state index contributed by atoms with van der Waals surface area (Å²) in [5.41, 5.74) is 3.41. The highest BCUT2D eigenvalue weighted by Gasteiger charge is 2.34. The second-order valence-electron chi connectivity index (χ2n) is 6.86. The Labute approximate surface area is 181 Å². The van der Waals surface area contributed by atoms with Crippen LogP contribution in [0.2, 0.25) is 0 Å². The third kappa shape index (κ3) is 5.22. The molecular weight excluding hydrogens is 415 g/mol. The van der Waals surface area contributed by atoms with E-state index in [1.807, 2.05) is 66.7 Å². The number of likely N-dealkylation sites (tertiary alicyclic amines) is 1. The second-order valence-corrected chi connectivity index (χ2v) is 7.03. The molecule has 3 aromatic rings. The van der Waals surface area contributed by atoms with E-state index in [2.05, 4.69) is 0 Å². The van der Waals surface area contributed by atoms with Gasteiger partial charge in [-0.2, -0.15) is 0 Å². The van der Waals surface area contributed by atoms with Crippen molar-refractivity contribution in [1.82, 2.24) is 4.90 Å². The average molecular weight is 437 g/mol. The number of benzene rings is 3. The van der Waals surface area contributed by atoms with E-state index < -0.39 is 8.69 Å². The summed E-state index contributed by atoms with van der Waals surface area (Å²) in [4.78, 5) is 33.7. The Hall–Kier alpha value is -3.38. The zero-order chi connectivity index (χ0) is 22.2. The molecule has 0 bridgehead atoms. The van der Waals surface area contributed by atoms with Gasteiger partial charge in [-0.3, -0.25) is 14.5 Å². The summed E-state index contributed by atoms with van der Waals surface area (Å²) < 4.78 is 8.46. The monoisotopic (exact) mass is 437 g/mol. The van der Waals surface area contributed by atoms with Crippen LogP contribution in [0.3, 0.4) is 0 Å². The summed E-state index contributed by atoms with van der Waals surface area (Å²) in [5.74, 6) is -0.0902. The van der Waals surface area contributed by atoms with Crippen LogP contribution in [0.25, 0.3) is 11.1 Å². The number of phenolic OH excluding ortho intramolecular Hbond substituents is 1. The number of nitrogens with one attached hydrogen (secondary N) is 1. The van der Waals surface area contributed by atoms with E-state index in [0.29, 0.717) is 5.56 Å². The van der Waals surface area contributed by atoms with E-state index in [0.717, 1.165) is 21.8 Å². The second kappa shape index (κ2) is 10.6. The van der Waals surface area contributed by atoms with Crippen molar-refractivity contribution >= 4 is 31.9 Å². The molecule has 2 amide bonds. The first-order valence-electron chi connectivity index (χ1n) is 9.65. The molecule has 8 heteroatoms. The van der Waals surface area contributed by atoms with E-state index in [4.69, 9.17) is 9.46 Å². The lowest BCUT2D eigenvalue weighted by atomic mass is 10.0. The Morgan fingerprint density at radius 3 is 1.94 bits per heavy atom. The molecule has 1 heterocycles. The van der Waals surface area contributed by atoms with Gasteiger partial charge in [-0.05, 0) is 24.3 Å². The van der Waals surface area contributed by atoms with Gasteiger partial charge >= 0.3 is 8.69 Å². The van der Waals surface area contributed by atoms with Gasteiger partial charge < -0.3 is 10.00 Å². The molecule has 4 rings (SSSR count). The summed E-state index contributed by atoms with van der Waals surface area (Å²) in [7, 11) is -0.833. The maximum atomic E-state index is 12.2. The molecule has 0 aromatic heterocycles. The van der Waals surface area contributed by atoms with Gasteiger partial charge in [0.25, 0.3) is 0 Å². The van der Waals surface area contributed by atoms with E-state index in [1.54, 1.807) is 12.1 Å². The van der Waals surface area contributed by atoms with E-state index in [-0.39, 0.29) is 37.1 Å². The zero-order valence-corrected chi connectivity index (χ0v) is 17.5. The number of imide groups is 1. The molecule has 0 saturated carbocycles. The fraction of sp³-hybridized carbons (Fsp3) is 0.130. The van der Waals surface area contributed by atoms with Crippen molar-refractivity contribution in [2.24, 2.45) is 0 Å². The number of carbonyl (C=O) groups excluding carboxylic acids is 2. The number of rotatable bonds is 5. The summed E-state index contributed by atoms with van der Waals surface area (Å²) in [6.07, 6.45) is 0.532. The number of carbonyl (C=O) groups is 2. The fourth-order valence-corrected chi connectivity index (χ4v) is 3.61. The van der Waals surface area contributed by atoms with Gasteiger partial charge in [0.05, 0.1) is 0 Å². The van der Waals surface area contributed by atoms with Crippen LogP contribution in [0.4, 0.5) is 11.4 Å². The maximum Gasteiger partial charge on any atom is 0.324 e. The highest BCUT2D eigenvalue weighted by molar-refractivity contribution is 7.16. The lowest BCUT2D eigenvalue weighted by Gasteiger charge is -2.25. The van der Waals surface area contributed by atoms with Crippen LogP contribution in [0.5, 0.6) is 5.75 Å². The molecule has 158 valence electrons. The highest BCUT2D eigenvalue weighted by atomic mass is 31.1. The van der Waals surface area contributed by atoms with Crippen molar-refractivity contribution in [2.45, 2.75) is 12.8 Å². The first kappa shape index (κ1) is 22.3. The zero-order valence-electron chi connectivity index (χ0n) is 16.6. The fourth-order valence-electron chi connectivity index (χ4n) is 3.61. The van der Waals surface area contributed by atoms with Crippen LogP contribution < -0.4 is 4.90 Å². The van der Waals surface area contributed by atoms with Gasteiger partial charge in [-0.15, -0.1) is 0 Å². The minimum Gasteiger partial charge on any atom is -0.507 e. The highest BCUT2D eigenvalue weighted by Crippen LogP contribution is 2.33. The molecule has 7 nitrogen and oxygen atoms in total. The maximum absolute atomic E-state index is 12.2. The SMILES string of the molecule is O=C1CCC(=O)N1C[NH+](c1ccccc1)c1ccccc1-c1ccccc1O.O=PO. The number of para-hydroxylation sites is 3. The van der Waals surface area contributed by atoms with Gasteiger partial charge in [0.1, 0.15) is 17.1 Å². The van der Waals surface area contributed by atoms with Gasteiger partial charge in [0, 0.05) is 30.0 Å². The van der Waals surface area contributed by atoms with Crippen LogP contribution >= 0.6 is 8.69 Å². The van der Waals surface area contributed by atoms with Crippen LogP contribution in [0, 0.1) is 0 Å². The van der Waals surface area contributed by atoms with Crippen molar-refractivity contribution in [3.8, 4) is 16.9 Å². The molecule has 1 aliphatic rings. The predicted octanol–water partition coefficient (Wildman–Crippen LogP) is 3.20. The van der Waals surface area contributed by atoms with E-state index in [9.17, 15) is 14.7 Å². The molecule has 1 saturated heterocycles. The van der Waals surface area contributed by atoms with Crippen LogP contribution in [-0.4, -0.2) is 33.4 Å². The van der Waals surface area contributed by atoms with Gasteiger partial charge in [0.2, 0.25) is 11.8 Å². The Kier molecular flexibility index (Phi) is 7.62. The molecule has 1 fully saturated rings. The van der Waals surface area contributed by atoms with Crippen molar-refractivity contribution < 1.29 is 29.1 Å². The average Bonchev–Trinajstić information content (AvgIpc) is 3.11. The molecular formula is C23H22N2O5P+. The van der Waals surface area contributed by atoms with Crippen LogP contribution in [0.1, 0.15) is 12.8 Å². The molecule has 0 spiro atoms. The summed E-state index contributed by atoms with van der Waals surface area (Å²) >= 11 is 0. The van der Waals surface area contributed by atoms with E-state index in [1.165, 1.54) is 4.90 Å². The van der Waals surface area contributed by atoms with Crippen LogP contribution in [0.15, 0.2) is 78.9 Å². The summed E-state index contributed by atoms with van der Waals surface area (Å²) in [6, 6.07) is 24.7. The summed E-state index contributed by atoms with van der Waals surface area (Å²) in [5, 5.41) is 10.4. The molecule has 1 aliphatic heterocycles. The number of phenols is 1. The first-order chi connectivity index (χ1) is 15.1. The molecule has 0 radical (unpaired) electrons. The van der Waals surface area contributed by atoms with Gasteiger partial charge in [-0.1, -0.05) is 48.5 Å². The Bertz CT molecular complexity index is 1060. The standard InChI is InChI=1S/C23H20N2O3.HO2P/c26-21-13-7-5-11-19(21)18-10-4-6-12-20(18)24(17-8-2-1-3-9-17)16-25-22(27)14-15-23(25)28;1-3-2/h1-13,26H,14-16H2;(H,1,2)/p+1. The van der Waals surface area contributed by atoms with Gasteiger partial charge in [0.15, 0.2) is 6.67 Å². The van der Waals surface area contributed by atoms with Crippen molar-refractivity contribution in [3.05, 3.63) is 78.9 Å². The van der Waals surface area contributed by atoms with Crippen molar-refractivity contribution in [3.63, 3.8) is 0 Å². The first-order valence-corrected chi connectivity index (χ1v) is 10.4. The van der Waals surface area contributed by atoms with Crippen molar-refractivity contribution in [2.75, 3.05) is 6.67 Å². The number of aromatic hydroxyl groups is 1. The lowest BCUT2D eigenvalue weighted by molar-refractivity contribution is -0.769. The molecule has 0 aliphatic carbocycles. The molecule has 1 atom stereocenters. The number of nitrogens with zero attached hydrogens (tertiary/aromatic N) is 1. The predicted molar refractivity (Wildman–Crippen MR) is 116 cm³/mol. The molecule has 31 heavy (non-hydrogen) atoms. The molecule has 3 aromatic carbocycles. The normalized spacial score (nSPS) is 14.3. The number of hydrogen-bond donors (Lipinski definition) is 3. The Morgan fingerprint density at radius 2 is 1.32 bits per heavy atom. The Balaban J connectivity index is 0.000000858. The topological polar surface area (TPSA) is 99.4 Å². The number of amides is 2. The quantitative estimate of drug-likeness (QED) is 0.421. The number of hydrogen-bond acceptors (Lipinski definition) is 4. The lowest BCUT2D eigenvalue weighted by Crippen LogP contribution is -3.04. The minimum atomic E-state index is -0.833. The van der Waals surface area contributed by atoms with Crippen molar-refractivity contribution in [1.29, 1.82) is 0 Å². The third-order valence-electron chi connectivity index (χ3n) is 5.04. The molecule has 1 unspecified atom stereocenters. The van der Waals surface area contributed by atoms with E-state index >= 15 is 0 Å². The van der Waals surface area contributed by atoms with Crippen LogP contribution in [-0.2, 0) is 14.2 Å². The largest absolute Gasteiger partial charge is 0.507 e. The number of quaternary nitrogens is 1. The summed E-state index contributed by atoms with van der Waals surface area (Å²) in [6.45, 7) is 0.215.